The normalized spacial score (nSPS) is 10.9. The van der Waals surface area contributed by atoms with E-state index in [1.807, 2.05) is 44.2 Å². The van der Waals surface area contributed by atoms with Gasteiger partial charge in [-0.25, -0.2) is 9.07 Å². The summed E-state index contributed by atoms with van der Waals surface area (Å²) in [6, 6.07) is 15.3. The van der Waals surface area contributed by atoms with Gasteiger partial charge in [0, 0.05) is 19.2 Å². The van der Waals surface area contributed by atoms with Crippen molar-refractivity contribution >= 4 is 12.2 Å². The van der Waals surface area contributed by atoms with Gasteiger partial charge in [0.05, 0.1) is 5.69 Å². The van der Waals surface area contributed by atoms with Crippen molar-refractivity contribution in [3.63, 3.8) is 0 Å². The second-order valence-corrected chi connectivity index (χ2v) is 6.96. The molecule has 0 unspecified atom stereocenters. The third-order valence-corrected chi connectivity index (χ3v) is 4.53. The zero-order valence-corrected chi connectivity index (χ0v) is 16.1. The molecular weight excluding hydrogens is 357 g/mol. The lowest BCUT2D eigenvalue weighted by Crippen LogP contribution is -2.27. The lowest BCUT2D eigenvalue weighted by atomic mass is 10.00. The van der Waals surface area contributed by atoms with Crippen LogP contribution in [0.2, 0.25) is 0 Å². The Labute approximate surface area is 163 Å². The molecule has 5 nitrogen and oxygen atoms in total. The molecule has 0 spiro atoms. The summed E-state index contributed by atoms with van der Waals surface area (Å²) in [7, 11) is 1.71. The Morgan fingerprint density at radius 3 is 2.36 bits per heavy atom. The highest BCUT2D eigenvalue weighted by molar-refractivity contribution is 5.96. The molecule has 1 aromatic heterocycles. The Bertz CT molecular complexity index is 979. The molecule has 0 aliphatic rings. The van der Waals surface area contributed by atoms with Crippen LogP contribution in [0.4, 0.5) is 4.39 Å². The second-order valence-electron chi connectivity index (χ2n) is 6.96. The van der Waals surface area contributed by atoms with E-state index in [0.717, 1.165) is 5.56 Å². The van der Waals surface area contributed by atoms with Crippen molar-refractivity contribution < 1.29 is 14.0 Å². The van der Waals surface area contributed by atoms with E-state index < -0.39 is 0 Å². The van der Waals surface area contributed by atoms with Crippen molar-refractivity contribution in [2.24, 2.45) is 0 Å². The number of rotatable bonds is 6. The summed E-state index contributed by atoms with van der Waals surface area (Å²) < 4.78 is 14.7. The van der Waals surface area contributed by atoms with Gasteiger partial charge in [-0.05, 0) is 35.7 Å². The standard InChI is InChI=1S/C22H22FN3O2/c1-15(2)20-19(14-27)26(18-11-9-17(23)10-12-18)24-21(20)22(28)25(3)13-16-7-5-4-6-8-16/h4-12,14-15H,13H2,1-3H3. The van der Waals surface area contributed by atoms with Gasteiger partial charge in [0.2, 0.25) is 0 Å². The number of amides is 1. The molecule has 0 saturated carbocycles. The lowest BCUT2D eigenvalue weighted by Gasteiger charge is -2.17. The van der Waals surface area contributed by atoms with Gasteiger partial charge in [-0.2, -0.15) is 5.10 Å². The van der Waals surface area contributed by atoms with E-state index in [9.17, 15) is 14.0 Å². The molecule has 6 heteroatoms. The fourth-order valence-corrected chi connectivity index (χ4v) is 3.17. The van der Waals surface area contributed by atoms with Gasteiger partial charge < -0.3 is 4.90 Å². The number of benzene rings is 2. The number of halogens is 1. The molecule has 3 aromatic rings. The number of aromatic nitrogens is 2. The van der Waals surface area contributed by atoms with Crippen molar-refractivity contribution in [2.75, 3.05) is 7.05 Å². The van der Waals surface area contributed by atoms with Gasteiger partial charge in [-0.15, -0.1) is 0 Å². The highest BCUT2D eigenvalue weighted by Crippen LogP contribution is 2.26. The van der Waals surface area contributed by atoms with Gasteiger partial charge in [-0.3, -0.25) is 9.59 Å². The van der Waals surface area contributed by atoms with Crippen molar-refractivity contribution in [1.82, 2.24) is 14.7 Å². The first kappa shape index (κ1) is 19.5. The number of hydrogen-bond donors (Lipinski definition) is 0. The fourth-order valence-electron chi connectivity index (χ4n) is 3.17. The Hall–Kier alpha value is -3.28. The molecular formula is C22H22FN3O2. The maximum atomic E-state index is 13.3. The molecule has 144 valence electrons. The van der Waals surface area contributed by atoms with Crippen LogP contribution in [0.1, 0.15) is 51.9 Å². The first-order chi connectivity index (χ1) is 13.4. The van der Waals surface area contributed by atoms with Gasteiger partial charge in [0.15, 0.2) is 12.0 Å². The topological polar surface area (TPSA) is 55.2 Å². The average molecular weight is 379 g/mol. The lowest BCUT2D eigenvalue weighted by molar-refractivity contribution is 0.0777. The first-order valence-corrected chi connectivity index (χ1v) is 9.05. The van der Waals surface area contributed by atoms with Gasteiger partial charge in [0.1, 0.15) is 11.5 Å². The quantitative estimate of drug-likeness (QED) is 0.603. The van der Waals surface area contributed by atoms with Gasteiger partial charge >= 0.3 is 0 Å². The van der Waals surface area contributed by atoms with Crippen LogP contribution in [0, 0.1) is 5.82 Å². The Kier molecular flexibility index (Phi) is 5.68. The summed E-state index contributed by atoms with van der Waals surface area (Å²) in [6.45, 7) is 4.25. The zero-order chi connectivity index (χ0) is 20.3. The summed E-state index contributed by atoms with van der Waals surface area (Å²) >= 11 is 0. The van der Waals surface area contributed by atoms with E-state index in [-0.39, 0.29) is 23.3 Å². The van der Waals surface area contributed by atoms with Crippen LogP contribution < -0.4 is 0 Å². The molecule has 0 bridgehead atoms. The fraction of sp³-hybridized carbons (Fsp3) is 0.227. The Morgan fingerprint density at radius 1 is 1.14 bits per heavy atom. The van der Waals surface area contributed by atoms with Gasteiger partial charge in [0.25, 0.3) is 5.91 Å². The van der Waals surface area contributed by atoms with E-state index in [1.54, 1.807) is 11.9 Å². The number of aldehydes is 1. The number of carbonyl (C=O) groups excluding carboxylic acids is 2. The maximum absolute atomic E-state index is 13.3. The molecule has 2 aromatic carbocycles. The van der Waals surface area contributed by atoms with E-state index in [4.69, 9.17) is 0 Å². The van der Waals surface area contributed by atoms with Crippen LogP contribution in [0.5, 0.6) is 0 Å². The Balaban J connectivity index is 2.03. The minimum atomic E-state index is -0.383. The minimum Gasteiger partial charge on any atom is -0.336 e. The molecule has 3 rings (SSSR count). The van der Waals surface area contributed by atoms with Crippen molar-refractivity contribution in [2.45, 2.75) is 26.3 Å². The van der Waals surface area contributed by atoms with Crippen molar-refractivity contribution in [3.8, 4) is 5.69 Å². The maximum Gasteiger partial charge on any atom is 0.274 e. The van der Waals surface area contributed by atoms with E-state index >= 15 is 0 Å². The molecule has 0 radical (unpaired) electrons. The largest absolute Gasteiger partial charge is 0.336 e. The number of nitrogens with zero attached hydrogens (tertiary/aromatic N) is 3. The first-order valence-electron chi connectivity index (χ1n) is 9.05. The predicted octanol–water partition coefficient (Wildman–Crippen LogP) is 4.22. The summed E-state index contributed by atoms with van der Waals surface area (Å²) in [5.74, 6) is -0.735. The molecule has 0 saturated heterocycles. The smallest absolute Gasteiger partial charge is 0.274 e. The van der Waals surface area contributed by atoms with E-state index in [2.05, 4.69) is 5.10 Å². The Morgan fingerprint density at radius 2 is 1.79 bits per heavy atom. The summed E-state index contributed by atoms with van der Waals surface area (Å²) in [5, 5.41) is 4.44. The molecule has 1 amide bonds. The molecule has 1 heterocycles. The van der Waals surface area contributed by atoms with Crippen LogP contribution in [-0.4, -0.2) is 33.9 Å². The molecule has 0 fully saturated rings. The number of hydrogen-bond acceptors (Lipinski definition) is 3. The highest BCUT2D eigenvalue weighted by Gasteiger charge is 2.27. The summed E-state index contributed by atoms with van der Waals surface area (Å²) in [5.41, 5.74) is 2.65. The van der Waals surface area contributed by atoms with Crippen LogP contribution >= 0.6 is 0 Å². The molecule has 28 heavy (non-hydrogen) atoms. The molecule has 0 atom stereocenters. The molecule has 0 aliphatic heterocycles. The van der Waals surface area contributed by atoms with E-state index in [1.165, 1.54) is 28.9 Å². The van der Waals surface area contributed by atoms with Crippen LogP contribution in [0.3, 0.4) is 0 Å². The predicted molar refractivity (Wildman–Crippen MR) is 105 cm³/mol. The second kappa shape index (κ2) is 8.17. The molecule has 0 N–H and O–H groups in total. The monoisotopic (exact) mass is 379 g/mol. The van der Waals surface area contributed by atoms with Crippen molar-refractivity contribution in [3.05, 3.63) is 82.9 Å². The zero-order valence-electron chi connectivity index (χ0n) is 16.1. The minimum absolute atomic E-state index is 0.0847. The molecule has 0 aliphatic carbocycles. The third kappa shape index (κ3) is 3.86. The average Bonchev–Trinajstić information content (AvgIpc) is 3.08. The number of carbonyl (C=O) groups is 2. The SMILES string of the molecule is CC(C)c1c(C(=O)N(C)Cc2ccccc2)nn(-c2ccc(F)cc2)c1C=O. The van der Waals surface area contributed by atoms with Crippen LogP contribution in [-0.2, 0) is 6.54 Å². The third-order valence-electron chi connectivity index (χ3n) is 4.53. The van der Waals surface area contributed by atoms with Crippen LogP contribution in [0.25, 0.3) is 5.69 Å². The van der Waals surface area contributed by atoms with Crippen LogP contribution in [0.15, 0.2) is 54.6 Å². The summed E-state index contributed by atoms with van der Waals surface area (Å²) in [6.07, 6.45) is 0.694. The summed E-state index contributed by atoms with van der Waals surface area (Å²) in [4.78, 5) is 26.5. The highest BCUT2D eigenvalue weighted by atomic mass is 19.1. The van der Waals surface area contributed by atoms with E-state index in [0.29, 0.717) is 29.8 Å². The van der Waals surface area contributed by atoms with Crippen molar-refractivity contribution in [1.29, 1.82) is 0 Å². The van der Waals surface area contributed by atoms with Gasteiger partial charge in [-0.1, -0.05) is 44.2 Å².